The summed E-state index contributed by atoms with van der Waals surface area (Å²) < 4.78 is 54.9. The molecule has 1 aromatic rings. The number of ether oxygens (including phenoxy) is 7. The van der Waals surface area contributed by atoms with Crippen molar-refractivity contribution in [1.82, 2.24) is 0 Å². The summed E-state index contributed by atoms with van der Waals surface area (Å²) in [5.74, 6) is -1.08. The van der Waals surface area contributed by atoms with Crippen LogP contribution in [-0.4, -0.2) is 107 Å². The molecule has 0 radical (unpaired) electrons. The Hall–Kier alpha value is -1.69. The van der Waals surface area contributed by atoms with Crippen LogP contribution in [0.2, 0.25) is 36.3 Å². The van der Waals surface area contributed by atoms with Gasteiger partial charge in [0.2, 0.25) is 0 Å². The Labute approximate surface area is 316 Å². The second-order valence-corrected chi connectivity index (χ2v) is 26.9. The largest absolute Gasteiger partial charge is 0.497 e. The van der Waals surface area contributed by atoms with Gasteiger partial charge in [0.05, 0.1) is 58.3 Å². The second kappa shape index (κ2) is 19.8. The first kappa shape index (κ1) is 46.5. The third kappa shape index (κ3) is 13.3. The number of epoxide rings is 1. The zero-order chi connectivity index (χ0) is 39.5. The molecule has 1 aromatic carbocycles. The summed E-state index contributed by atoms with van der Waals surface area (Å²) in [6.45, 7) is 29.3. The number of carbonyl (C=O) groups excluding carboxylic acids is 2. The number of esters is 1. The third-order valence-corrected chi connectivity index (χ3v) is 20.0. The lowest BCUT2D eigenvalue weighted by molar-refractivity contribution is -0.164. The molecule has 1 saturated heterocycles. The van der Waals surface area contributed by atoms with Crippen LogP contribution >= 0.6 is 0 Å². The molecule has 1 fully saturated rings. The molecule has 52 heavy (non-hydrogen) atoms. The Kier molecular flexibility index (Phi) is 17.7. The van der Waals surface area contributed by atoms with Gasteiger partial charge in [-0.3, -0.25) is 4.79 Å². The number of aldehydes is 1. The SMILES string of the molecule is COCCOCOC[C@H](C=O)[C@@H](OC(C)=O)[C@H](CO[Si](C)(C)C(C)(C)C)[C@H](O[Si](C)(C)C(C)(C)C)[C@]1(C)O[C@@H]1[C@@H](C)COCc1ccc(OC)cc1. The summed E-state index contributed by atoms with van der Waals surface area (Å²) in [7, 11) is -1.57. The monoisotopic (exact) mass is 770 g/mol. The van der Waals surface area contributed by atoms with E-state index in [-0.39, 0.29) is 42.1 Å². The molecule has 1 aliphatic heterocycles. The molecule has 1 aliphatic rings. The minimum atomic E-state index is -2.49. The van der Waals surface area contributed by atoms with Crippen LogP contribution in [0.25, 0.3) is 0 Å². The summed E-state index contributed by atoms with van der Waals surface area (Å²) in [5, 5.41) is -0.233. The lowest BCUT2D eigenvalue weighted by Crippen LogP contribution is -2.57. The highest BCUT2D eigenvalue weighted by atomic mass is 28.4. The van der Waals surface area contributed by atoms with Gasteiger partial charge in [-0.1, -0.05) is 60.6 Å². The highest BCUT2D eigenvalue weighted by Crippen LogP contribution is 2.51. The standard InChI is InChI=1S/C39H70O11Si2/c1-28(23-45-24-30-16-18-32(43-11)19-17-30)35-39(9,49-35)36(50-52(14,15)38(6,7)8)33(26-47-51(12,13)37(3,4)5)34(48-29(2)41)31(22-40)25-46-27-44-21-20-42-10/h16-19,22,28,31,33-36H,20-21,23-27H2,1-15H3/t28-,31-,33-,34+,35+,36-,39+/m0/s1. The molecule has 0 N–H and O–H groups in total. The minimum absolute atomic E-state index is 0.0114. The molecule has 0 bridgehead atoms. The molecule has 0 aliphatic carbocycles. The van der Waals surface area contributed by atoms with E-state index in [0.29, 0.717) is 26.4 Å². The zero-order valence-corrected chi connectivity index (χ0v) is 36.8. The lowest BCUT2D eigenvalue weighted by Gasteiger charge is -2.46. The van der Waals surface area contributed by atoms with Crippen molar-refractivity contribution in [2.45, 2.75) is 129 Å². The van der Waals surface area contributed by atoms with E-state index in [2.05, 4.69) is 81.6 Å². The van der Waals surface area contributed by atoms with Gasteiger partial charge in [0.1, 0.15) is 30.5 Å². The Balaban J connectivity index is 2.54. The average Bonchev–Trinajstić information content (AvgIpc) is 3.75. The normalized spacial score (nSPS) is 21.2. The quantitative estimate of drug-likeness (QED) is 0.0261. The molecule has 11 nitrogen and oxygen atoms in total. The molecule has 0 saturated carbocycles. The summed E-state index contributed by atoms with van der Waals surface area (Å²) in [5.41, 5.74) is 0.264. The molecule has 0 aromatic heterocycles. The van der Waals surface area contributed by atoms with E-state index in [1.54, 1.807) is 14.2 Å². The summed E-state index contributed by atoms with van der Waals surface area (Å²) in [4.78, 5) is 25.7. The number of benzene rings is 1. The number of carbonyl (C=O) groups is 2. The predicted molar refractivity (Wildman–Crippen MR) is 208 cm³/mol. The van der Waals surface area contributed by atoms with Gasteiger partial charge in [0.15, 0.2) is 16.6 Å². The maximum absolute atomic E-state index is 12.9. The Morgan fingerprint density at radius 1 is 0.904 bits per heavy atom. The van der Waals surface area contributed by atoms with Crippen molar-refractivity contribution in [2.24, 2.45) is 17.8 Å². The van der Waals surface area contributed by atoms with Crippen molar-refractivity contribution in [3.8, 4) is 5.75 Å². The second-order valence-electron chi connectivity index (χ2n) is 17.4. The first-order valence-electron chi connectivity index (χ1n) is 18.5. The van der Waals surface area contributed by atoms with Gasteiger partial charge >= 0.3 is 5.97 Å². The van der Waals surface area contributed by atoms with Crippen molar-refractivity contribution in [2.75, 3.05) is 54.0 Å². The number of rotatable bonds is 24. The van der Waals surface area contributed by atoms with Crippen LogP contribution < -0.4 is 4.74 Å². The van der Waals surface area contributed by atoms with Crippen molar-refractivity contribution >= 4 is 28.9 Å². The Morgan fingerprint density at radius 2 is 1.52 bits per heavy atom. The topological polar surface area (TPSA) is 121 Å². The summed E-state index contributed by atoms with van der Waals surface area (Å²) in [6.07, 6.45) is -0.922. The molecule has 300 valence electrons. The lowest BCUT2D eigenvalue weighted by atomic mass is 9.80. The van der Waals surface area contributed by atoms with Crippen molar-refractivity contribution < 1.29 is 51.6 Å². The molecule has 0 amide bonds. The zero-order valence-electron chi connectivity index (χ0n) is 34.8. The van der Waals surface area contributed by atoms with Gasteiger partial charge in [0, 0.05) is 32.5 Å². The summed E-state index contributed by atoms with van der Waals surface area (Å²) >= 11 is 0. The van der Waals surface area contributed by atoms with E-state index >= 15 is 0 Å². The molecule has 1 heterocycles. The van der Waals surface area contributed by atoms with E-state index in [0.717, 1.165) is 17.6 Å². The Morgan fingerprint density at radius 3 is 2.04 bits per heavy atom. The molecule has 7 atom stereocenters. The van der Waals surface area contributed by atoms with Crippen LogP contribution in [0.5, 0.6) is 5.75 Å². The Bertz CT molecular complexity index is 1230. The van der Waals surface area contributed by atoms with E-state index in [9.17, 15) is 9.59 Å². The molecule has 0 spiro atoms. The van der Waals surface area contributed by atoms with Crippen LogP contribution in [0.3, 0.4) is 0 Å². The predicted octanol–water partition coefficient (Wildman–Crippen LogP) is 7.42. The molecular weight excluding hydrogens is 701 g/mol. The van der Waals surface area contributed by atoms with Crippen molar-refractivity contribution in [3.05, 3.63) is 29.8 Å². The van der Waals surface area contributed by atoms with E-state index < -0.39 is 52.2 Å². The van der Waals surface area contributed by atoms with Gasteiger partial charge in [-0.05, 0) is 60.9 Å². The minimum Gasteiger partial charge on any atom is -0.497 e. The highest BCUT2D eigenvalue weighted by molar-refractivity contribution is 6.74. The first-order chi connectivity index (χ1) is 24.0. The summed E-state index contributed by atoms with van der Waals surface area (Å²) in [6, 6.07) is 7.82. The molecule has 0 unspecified atom stereocenters. The average molecular weight is 771 g/mol. The van der Waals surface area contributed by atoms with Gasteiger partial charge in [0.25, 0.3) is 0 Å². The van der Waals surface area contributed by atoms with Gasteiger partial charge in [-0.2, -0.15) is 0 Å². The maximum atomic E-state index is 12.9. The van der Waals surface area contributed by atoms with Crippen molar-refractivity contribution in [1.29, 1.82) is 0 Å². The van der Waals surface area contributed by atoms with Crippen LogP contribution in [0.4, 0.5) is 0 Å². The number of hydrogen-bond acceptors (Lipinski definition) is 11. The van der Waals surface area contributed by atoms with Crippen molar-refractivity contribution in [3.63, 3.8) is 0 Å². The molecule has 2 rings (SSSR count). The van der Waals surface area contributed by atoms with E-state index in [1.807, 2.05) is 24.3 Å². The number of methoxy groups -OCH3 is 2. The van der Waals surface area contributed by atoms with E-state index in [4.69, 9.17) is 42.0 Å². The van der Waals surface area contributed by atoms with Crippen LogP contribution in [0.1, 0.15) is 67.9 Å². The van der Waals surface area contributed by atoms with Gasteiger partial charge < -0.3 is 46.8 Å². The third-order valence-electron chi connectivity index (χ3n) is 11.1. The molecule has 13 heteroatoms. The maximum Gasteiger partial charge on any atom is 0.302 e. The fraction of sp³-hybridized carbons (Fsp3) is 0.795. The van der Waals surface area contributed by atoms with Crippen LogP contribution in [-0.2, 0) is 53.5 Å². The fourth-order valence-electron chi connectivity index (χ4n) is 5.66. The van der Waals surface area contributed by atoms with Gasteiger partial charge in [-0.25, -0.2) is 0 Å². The van der Waals surface area contributed by atoms with Gasteiger partial charge in [-0.15, -0.1) is 0 Å². The fourth-order valence-corrected chi connectivity index (χ4v) is 8.10. The highest BCUT2D eigenvalue weighted by Gasteiger charge is 2.65. The van der Waals surface area contributed by atoms with Crippen LogP contribution in [0, 0.1) is 17.8 Å². The smallest absolute Gasteiger partial charge is 0.302 e. The molecular formula is C39H70O11Si2. The van der Waals surface area contributed by atoms with Crippen LogP contribution in [0.15, 0.2) is 24.3 Å². The number of hydrogen-bond donors (Lipinski definition) is 0. The first-order valence-corrected chi connectivity index (χ1v) is 24.3. The van der Waals surface area contributed by atoms with E-state index in [1.165, 1.54) is 6.92 Å².